The third kappa shape index (κ3) is 2.26. The third-order valence-electron chi connectivity index (χ3n) is 3.35. The van der Waals surface area contributed by atoms with Crippen LogP contribution in [0, 0.1) is 5.82 Å². The summed E-state index contributed by atoms with van der Waals surface area (Å²) in [6.45, 7) is 0. The molecule has 1 aromatic carbocycles. The van der Waals surface area contributed by atoms with Gasteiger partial charge in [0.05, 0.1) is 16.6 Å². The van der Waals surface area contributed by atoms with E-state index in [2.05, 4.69) is 25.6 Å². The van der Waals surface area contributed by atoms with Crippen molar-refractivity contribution in [3.8, 4) is 11.3 Å². The van der Waals surface area contributed by atoms with Crippen molar-refractivity contribution in [1.82, 2.24) is 15.0 Å². The van der Waals surface area contributed by atoms with Crippen molar-refractivity contribution >= 4 is 28.5 Å². The number of rotatable bonds is 3. The first-order valence-corrected chi connectivity index (χ1v) is 6.72. The van der Waals surface area contributed by atoms with E-state index in [1.165, 1.54) is 6.07 Å². The van der Waals surface area contributed by atoms with Gasteiger partial charge in [-0.15, -0.1) is 0 Å². The molecule has 0 unspecified atom stereocenters. The normalized spacial score (nSPS) is 10.7. The zero-order valence-electron chi connectivity index (χ0n) is 12.2. The molecule has 0 aliphatic heterocycles. The summed E-state index contributed by atoms with van der Waals surface area (Å²) >= 11 is 0. The summed E-state index contributed by atoms with van der Waals surface area (Å²) in [6, 6.07) is 8.37. The Morgan fingerprint density at radius 1 is 1.00 bits per heavy atom. The molecule has 2 heterocycles. The van der Waals surface area contributed by atoms with Crippen LogP contribution < -0.4 is 16.4 Å². The number of anilines is 3. The molecule has 2 aromatic heterocycles. The second-order valence-electron chi connectivity index (χ2n) is 4.66. The van der Waals surface area contributed by atoms with Crippen molar-refractivity contribution in [3.63, 3.8) is 0 Å². The molecule has 0 bridgehead atoms. The van der Waals surface area contributed by atoms with E-state index in [9.17, 15) is 4.39 Å². The van der Waals surface area contributed by atoms with Crippen LogP contribution in [0.4, 0.5) is 21.8 Å². The van der Waals surface area contributed by atoms with E-state index < -0.39 is 0 Å². The standard InChI is InChI=1S/C15H15FN6/c1-18-10-5-3-4-9(16)12(10)11-7-6-8-13(19-2)21-15(17)22-14(8)20-11/h3-7,18H,1-2H3,(H3,17,19,20,21,22). The number of halogens is 1. The summed E-state index contributed by atoms with van der Waals surface area (Å²) in [5.74, 6) is 0.349. The molecule has 0 aliphatic carbocycles. The molecule has 0 saturated carbocycles. The molecule has 3 rings (SSSR count). The topological polar surface area (TPSA) is 88.8 Å². The maximum Gasteiger partial charge on any atom is 0.224 e. The van der Waals surface area contributed by atoms with Gasteiger partial charge < -0.3 is 16.4 Å². The molecule has 22 heavy (non-hydrogen) atoms. The van der Waals surface area contributed by atoms with Gasteiger partial charge in [-0.2, -0.15) is 9.97 Å². The predicted octanol–water partition coefficient (Wildman–Crippen LogP) is 2.50. The molecule has 0 atom stereocenters. The molecular weight excluding hydrogens is 283 g/mol. The number of hydrogen-bond acceptors (Lipinski definition) is 6. The van der Waals surface area contributed by atoms with Crippen LogP contribution >= 0.6 is 0 Å². The van der Waals surface area contributed by atoms with Gasteiger partial charge in [-0.3, -0.25) is 0 Å². The number of nitrogens with zero attached hydrogens (tertiary/aromatic N) is 3. The number of benzene rings is 1. The Labute approximate surface area is 126 Å². The maximum atomic E-state index is 14.2. The molecule has 4 N–H and O–H groups in total. The van der Waals surface area contributed by atoms with Gasteiger partial charge in [0.1, 0.15) is 11.6 Å². The summed E-state index contributed by atoms with van der Waals surface area (Å²) in [4.78, 5) is 12.7. The number of nitrogens with one attached hydrogen (secondary N) is 2. The van der Waals surface area contributed by atoms with Gasteiger partial charge >= 0.3 is 0 Å². The number of hydrogen-bond donors (Lipinski definition) is 3. The lowest BCUT2D eigenvalue weighted by molar-refractivity contribution is 0.631. The first-order chi connectivity index (χ1) is 10.6. The van der Waals surface area contributed by atoms with Crippen molar-refractivity contribution < 1.29 is 4.39 Å². The summed E-state index contributed by atoms with van der Waals surface area (Å²) in [6.07, 6.45) is 0. The summed E-state index contributed by atoms with van der Waals surface area (Å²) in [7, 11) is 3.48. The van der Waals surface area contributed by atoms with E-state index in [1.54, 1.807) is 38.4 Å². The van der Waals surface area contributed by atoms with Crippen LogP contribution in [0.2, 0.25) is 0 Å². The Kier molecular flexibility index (Phi) is 3.46. The molecule has 3 aromatic rings. The van der Waals surface area contributed by atoms with Crippen LogP contribution in [0.3, 0.4) is 0 Å². The van der Waals surface area contributed by atoms with Gasteiger partial charge in [-0.25, -0.2) is 9.37 Å². The van der Waals surface area contributed by atoms with Crippen LogP contribution in [-0.4, -0.2) is 29.0 Å². The van der Waals surface area contributed by atoms with Gasteiger partial charge in [-0.05, 0) is 24.3 Å². The summed E-state index contributed by atoms with van der Waals surface area (Å²) < 4.78 is 14.2. The van der Waals surface area contributed by atoms with Crippen LogP contribution in [0.5, 0.6) is 0 Å². The molecule has 0 amide bonds. The SMILES string of the molecule is CNc1cccc(F)c1-c1ccc2c(NC)nc(N)nc2n1. The lowest BCUT2D eigenvalue weighted by atomic mass is 10.1. The Morgan fingerprint density at radius 3 is 2.55 bits per heavy atom. The van der Waals surface area contributed by atoms with E-state index in [0.717, 1.165) is 5.39 Å². The van der Waals surface area contributed by atoms with Crippen molar-refractivity contribution in [1.29, 1.82) is 0 Å². The maximum absolute atomic E-state index is 14.2. The predicted molar refractivity (Wildman–Crippen MR) is 86.2 cm³/mol. The van der Waals surface area contributed by atoms with Crippen LogP contribution in [0.1, 0.15) is 0 Å². The van der Waals surface area contributed by atoms with Crippen LogP contribution in [0.15, 0.2) is 30.3 Å². The van der Waals surface area contributed by atoms with E-state index in [4.69, 9.17) is 5.73 Å². The molecule has 0 saturated heterocycles. The number of nitrogens with two attached hydrogens (primary N) is 1. The molecule has 0 radical (unpaired) electrons. The zero-order valence-corrected chi connectivity index (χ0v) is 12.2. The molecular formula is C15H15FN6. The highest BCUT2D eigenvalue weighted by molar-refractivity contribution is 5.90. The van der Waals surface area contributed by atoms with Crippen molar-refractivity contribution in [2.24, 2.45) is 0 Å². The highest BCUT2D eigenvalue weighted by atomic mass is 19.1. The van der Waals surface area contributed by atoms with E-state index in [0.29, 0.717) is 28.4 Å². The van der Waals surface area contributed by atoms with Gasteiger partial charge in [0, 0.05) is 19.8 Å². The molecule has 112 valence electrons. The van der Waals surface area contributed by atoms with Crippen LogP contribution in [0.25, 0.3) is 22.3 Å². The minimum Gasteiger partial charge on any atom is -0.387 e. The fourth-order valence-corrected chi connectivity index (χ4v) is 2.35. The second kappa shape index (κ2) is 5.44. The highest BCUT2D eigenvalue weighted by Crippen LogP contribution is 2.31. The fraction of sp³-hybridized carbons (Fsp3) is 0.133. The molecule has 7 heteroatoms. The van der Waals surface area contributed by atoms with E-state index in [-0.39, 0.29) is 11.8 Å². The van der Waals surface area contributed by atoms with Crippen molar-refractivity contribution in [3.05, 3.63) is 36.1 Å². The van der Waals surface area contributed by atoms with Gasteiger partial charge in [0.2, 0.25) is 5.95 Å². The zero-order chi connectivity index (χ0) is 15.7. The van der Waals surface area contributed by atoms with E-state index in [1.807, 2.05) is 0 Å². The Morgan fingerprint density at radius 2 is 1.82 bits per heavy atom. The number of nitrogen functional groups attached to an aromatic ring is 1. The fourth-order valence-electron chi connectivity index (χ4n) is 2.35. The summed E-state index contributed by atoms with van der Waals surface area (Å²) in [5.41, 5.74) is 7.64. The molecule has 0 spiro atoms. The van der Waals surface area contributed by atoms with Gasteiger partial charge in [0.15, 0.2) is 5.65 Å². The van der Waals surface area contributed by atoms with E-state index >= 15 is 0 Å². The monoisotopic (exact) mass is 298 g/mol. The highest BCUT2D eigenvalue weighted by Gasteiger charge is 2.14. The first-order valence-electron chi connectivity index (χ1n) is 6.72. The average molecular weight is 298 g/mol. The van der Waals surface area contributed by atoms with Gasteiger partial charge in [0.25, 0.3) is 0 Å². The Bertz CT molecular complexity index is 849. The molecule has 0 fully saturated rings. The Hall–Kier alpha value is -2.96. The average Bonchev–Trinajstić information content (AvgIpc) is 2.53. The van der Waals surface area contributed by atoms with Crippen LogP contribution in [-0.2, 0) is 0 Å². The summed E-state index contributed by atoms with van der Waals surface area (Å²) in [5, 5.41) is 6.64. The smallest absolute Gasteiger partial charge is 0.224 e. The Balaban J connectivity index is 2.26. The van der Waals surface area contributed by atoms with Crippen molar-refractivity contribution in [2.75, 3.05) is 30.5 Å². The minimum absolute atomic E-state index is 0.115. The number of fused-ring (bicyclic) bond motifs is 1. The second-order valence-corrected chi connectivity index (χ2v) is 4.66. The largest absolute Gasteiger partial charge is 0.387 e. The third-order valence-corrected chi connectivity index (χ3v) is 3.35. The lowest BCUT2D eigenvalue weighted by Crippen LogP contribution is -2.03. The first kappa shape index (κ1) is 14.0. The molecule has 0 aliphatic rings. The minimum atomic E-state index is -0.352. The number of aromatic nitrogens is 3. The van der Waals surface area contributed by atoms with Gasteiger partial charge in [-0.1, -0.05) is 6.07 Å². The van der Waals surface area contributed by atoms with Crippen molar-refractivity contribution in [2.45, 2.75) is 0 Å². The quantitative estimate of drug-likeness (QED) is 0.688. The lowest BCUT2D eigenvalue weighted by Gasteiger charge is -2.11. The number of pyridine rings is 1. The molecule has 6 nitrogen and oxygen atoms in total.